The molecule has 0 radical (unpaired) electrons. The molecule has 2 rings (SSSR count). The Morgan fingerprint density at radius 3 is 3.06 bits per heavy atom. The fourth-order valence-electron chi connectivity index (χ4n) is 1.93. The summed E-state index contributed by atoms with van der Waals surface area (Å²) in [5, 5.41) is 2.91. The number of rotatable bonds is 2. The number of fused-ring (bicyclic) bond motifs is 1. The van der Waals surface area contributed by atoms with E-state index in [1.165, 1.54) is 10.5 Å². The van der Waals surface area contributed by atoms with Crippen molar-refractivity contribution in [1.82, 2.24) is 5.32 Å². The first-order valence-corrected chi connectivity index (χ1v) is 7.29. The molecule has 0 saturated carbocycles. The van der Waals surface area contributed by atoms with Gasteiger partial charge in [-0.1, -0.05) is 0 Å². The third kappa shape index (κ3) is 2.67. The minimum Gasteiger partial charge on any atom is -0.311 e. The fraction of sp³-hybridized carbons (Fsp3) is 0.417. The van der Waals surface area contributed by atoms with Gasteiger partial charge >= 0.3 is 0 Å². The Bertz CT molecular complexity index is 450. The highest BCUT2D eigenvalue weighted by Crippen LogP contribution is 2.40. The number of thioether (sulfide) groups is 1. The molecule has 3 nitrogen and oxygen atoms in total. The quantitative estimate of drug-likeness (QED) is 0.910. The van der Waals surface area contributed by atoms with Crippen LogP contribution in [0.1, 0.15) is 5.56 Å². The summed E-state index contributed by atoms with van der Waals surface area (Å²) in [7, 11) is 1.79. The van der Waals surface area contributed by atoms with Gasteiger partial charge in [0.15, 0.2) is 0 Å². The topological polar surface area (TPSA) is 32.3 Å². The van der Waals surface area contributed by atoms with Gasteiger partial charge in [-0.3, -0.25) is 4.79 Å². The Morgan fingerprint density at radius 1 is 1.59 bits per heavy atom. The molecule has 1 aromatic rings. The van der Waals surface area contributed by atoms with Gasteiger partial charge < -0.3 is 10.2 Å². The van der Waals surface area contributed by atoms with Gasteiger partial charge in [0, 0.05) is 21.7 Å². The van der Waals surface area contributed by atoms with Gasteiger partial charge in [0.2, 0.25) is 5.91 Å². The summed E-state index contributed by atoms with van der Waals surface area (Å²) in [6, 6.07) is 4.20. The van der Waals surface area contributed by atoms with E-state index >= 15 is 0 Å². The average molecular weight is 315 g/mol. The van der Waals surface area contributed by atoms with Crippen molar-refractivity contribution in [3.8, 4) is 0 Å². The maximum atomic E-state index is 12.0. The van der Waals surface area contributed by atoms with Gasteiger partial charge in [-0.05, 0) is 47.6 Å². The van der Waals surface area contributed by atoms with E-state index in [0.29, 0.717) is 6.54 Å². The lowest BCUT2D eigenvalue weighted by Crippen LogP contribution is -2.40. The van der Waals surface area contributed by atoms with Gasteiger partial charge in [-0.25, -0.2) is 0 Å². The number of benzene rings is 1. The van der Waals surface area contributed by atoms with Crippen molar-refractivity contribution in [1.29, 1.82) is 0 Å². The van der Waals surface area contributed by atoms with E-state index in [9.17, 15) is 4.79 Å². The SMILES string of the molecule is CNCC(=O)N1CCSc2cc(C)cc(Br)c21. The van der Waals surface area contributed by atoms with Gasteiger partial charge in [0.25, 0.3) is 0 Å². The Kier molecular flexibility index (Phi) is 4.12. The third-order valence-electron chi connectivity index (χ3n) is 2.64. The maximum absolute atomic E-state index is 12.0. The molecule has 1 amide bonds. The average Bonchev–Trinajstić information content (AvgIpc) is 2.28. The number of aryl methyl sites for hydroxylation is 1. The second kappa shape index (κ2) is 5.42. The lowest BCUT2D eigenvalue weighted by atomic mass is 10.2. The van der Waals surface area contributed by atoms with E-state index < -0.39 is 0 Å². The van der Waals surface area contributed by atoms with Crippen LogP contribution in [0.5, 0.6) is 0 Å². The van der Waals surface area contributed by atoms with E-state index in [0.717, 1.165) is 22.5 Å². The summed E-state index contributed by atoms with van der Waals surface area (Å²) >= 11 is 5.38. The van der Waals surface area contributed by atoms with Crippen LogP contribution in [0.4, 0.5) is 5.69 Å². The Balaban J connectivity index is 2.40. The second-order valence-corrected chi connectivity index (χ2v) is 6.01. The lowest BCUT2D eigenvalue weighted by Gasteiger charge is -2.30. The van der Waals surface area contributed by atoms with Crippen molar-refractivity contribution in [2.45, 2.75) is 11.8 Å². The molecule has 0 spiro atoms. The number of halogens is 1. The number of carbonyl (C=O) groups excluding carboxylic acids is 1. The summed E-state index contributed by atoms with van der Waals surface area (Å²) in [5.41, 5.74) is 2.23. The molecule has 5 heteroatoms. The molecular formula is C12H15BrN2OS. The number of carbonyl (C=O) groups is 1. The number of hydrogen-bond donors (Lipinski definition) is 1. The first-order chi connectivity index (χ1) is 8.13. The number of hydrogen-bond acceptors (Lipinski definition) is 3. The van der Waals surface area contributed by atoms with Crippen LogP contribution in [0.3, 0.4) is 0 Å². The molecule has 0 fully saturated rings. The molecule has 1 heterocycles. The summed E-state index contributed by atoms with van der Waals surface area (Å²) in [5.74, 6) is 1.08. The minimum absolute atomic E-state index is 0.124. The first-order valence-electron chi connectivity index (χ1n) is 5.51. The minimum atomic E-state index is 0.124. The number of nitrogens with one attached hydrogen (secondary N) is 1. The standard InChI is InChI=1S/C12H15BrN2OS/c1-8-5-9(13)12-10(6-8)17-4-3-15(12)11(16)7-14-2/h5-6,14H,3-4,7H2,1-2H3. The normalized spacial score (nSPS) is 14.6. The fourth-order valence-corrected chi connectivity index (χ4v) is 3.97. The highest BCUT2D eigenvalue weighted by Gasteiger charge is 2.24. The molecule has 0 unspecified atom stereocenters. The summed E-state index contributed by atoms with van der Waals surface area (Å²) < 4.78 is 1.00. The lowest BCUT2D eigenvalue weighted by molar-refractivity contribution is -0.117. The largest absolute Gasteiger partial charge is 0.311 e. The van der Waals surface area contributed by atoms with Crippen LogP contribution >= 0.6 is 27.7 Å². The molecular weight excluding hydrogens is 300 g/mol. The second-order valence-electron chi connectivity index (χ2n) is 4.02. The molecule has 1 aromatic carbocycles. The van der Waals surface area contributed by atoms with Crippen LogP contribution in [0.15, 0.2) is 21.5 Å². The molecule has 92 valence electrons. The third-order valence-corrected chi connectivity index (χ3v) is 4.26. The van der Waals surface area contributed by atoms with E-state index in [1.54, 1.807) is 7.05 Å². The Morgan fingerprint density at radius 2 is 2.35 bits per heavy atom. The predicted molar refractivity (Wildman–Crippen MR) is 75.9 cm³/mol. The van der Waals surface area contributed by atoms with Crippen LogP contribution in [0, 0.1) is 6.92 Å². The van der Waals surface area contributed by atoms with E-state index in [4.69, 9.17) is 0 Å². The van der Waals surface area contributed by atoms with Crippen LogP contribution in [0.2, 0.25) is 0 Å². The van der Waals surface area contributed by atoms with Crippen molar-refractivity contribution >= 4 is 39.3 Å². The van der Waals surface area contributed by atoms with Crippen molar-refractivity contribution in [3.63, 3.8) is 0 Å². The number of amides is 1. The van der Waals surface area contributed by atoms with E-state index in [-0.39, 0.29) is 5.91 Å². The van der Waals surface area contributed by atoms with Crippen molar-refractivity contribution in [3.05, 3.63) is 22.2 Å². The van der Waals surface area contributed by atoms with E-state index in [2.05, 4.69) is 40.3 Å². The zero-order valence-electron chi connectivity index (χ0n) is 9.92. The smallest absolute Gasteiger partial charge is 0.241 e. The molecule has 0 aromatic heterocycles. The number of anilines is 1. The molecule has 1 aliphatic rings. The zero-order chi connectivity index (χ0) is 12.4. The summed E-state index contributed by atoms with van der Waals surface area (Å²) in [6.07, 6.45) is 0. The van der Waals surface area contributed by atoms with Crippen LogP contribution in [-0.4, -0.2) is 31.8 Å². The van der Waals surface area contributed by atoms with Gasteiger partial charge in [0.05, 0.1) is 12.2 Å². The van der Waals surface area contributed by atoms with Gasteiger partial charge in [-0.15, -0.1) is 11.8 Å². The molecule has 0 aliphatic carbocycles. The molecule has 0 bridgehead atoms. The molecule has 0 atom stereocenters. The van der Waals surface area contributed by atoms with Gasteiger partial charge in [0.1, 0.15) is 0 Å². The highest BCUT2D eigenvalue weighted by atomic mass is 79.9. The first kappa shape index (κ1) is 12.9. The molecule has 0 saturated heterocycles. The Labute approximate surface area is 114 Å². The number of likely N-dealkylation sites (N-methyl/N-ethyl adjacent to an activating group) is 1. The maximum Gasteiger partial charge on any atom is 0.241 e. The van der Waals surface area contributed by atoms with Gasteiger partial charge in [-0.2, -0.15) is 0 Å². The molecule has 1 aliphatic heterocycles. The van der Waals surface area contributed by atoms with Crippen LogP contribution < -0.4 is 10.2 Å². The predicted octanol–water partition coefficient (Wildman–Crippen LogP) is 2.42. The van der Waals surface area contributed by atoms with Crippen LogP contribution in [-0.2, 0) is 4.79 Å². The Hall–Kier alpha value is -0.520. The molecule has 17 heavy (non-hydrogen) atoms. The summed E-state index contributed by atoms with van der Waals surface area (Å²) in [6.45, 7) is 3.23. The number of nitrogens with zero attached hydrogens (tertiary/aromatic N) is 1. The monoisotopic (exact) mass is 314 g/mol. The van der Waals surface area contributed by atoms with E-state index in [1.807, 2.05) is 16.7 Å². The van der Waals surface area contributed by atoms with Crippen molar-refractivity contribution < 1.29 is 4.79 Å². The van der Waals surface area contributed by atoms with Crippen molar-refractivity contribution in [2.24, 2.45) is 0 Å². The zero-order valence-corrected chi connectivity index (χ0v) is 12.3. The molecule has 1 N–H and O–H groups in total. The summed E-state index contributed by atoms with van der Waals surface area (Å²) in [4.78, 5) is 15.1. The van der Waals surface area contributed by atoms with Crippen molar-refractivity contribution in [2.75, 3.05) is 30.8 Å². The highest BCUT2D eigenvalue weighted by molar-refractivity contribution is 9.10. The van der Waals surface area contributed by atoms with Crippen LogP contribution in [0.25, 0.3) is 0 Å².